The molecule has 0 aliphatic rings. The Balaban J connectivity index is 3.41. The zero-order chi connectivity index (χ0) is 14.4. The third-order valence-corrected chi connectivity index (χ3v) is 2.47. The van der Waals surface area contributed by atoms with E-state index in [1.54, 1.807) is 6.92 Å². The lowest BCUT2D eigenvalue weighted by Gasteiger charge is -2.17. The molecule has 0 aromatic heterocycles. The van der Waals surface area contributed by atoms with Crippen molar-refractivity contribution >= 4 is 5.97 Å². The molecule has 6 heteroatoms. The van der Waals surface area contributed by atoms with E-state index in [0.717, 1.165) is 0 Å². The number of rotatable bonds is 6. The fourth-order valence-corrected chi connectivity index (χ4v) is 1.57. The number of esters is 1. The normalized spacial score (nSPS) is 9.74. The maximum absolute atomic E-state index is 11.4. The summed E-state index contributed by atoms with van der Waals surface area (Å²) in [4.78, 5) is 11.4. The van der Waals surface area contributed by atoms with Crippen LogP contribution in [0.25, 0.3) is 0 Å². The van der Waals surface area contributed by atoms with E-state index >= 15 is 0 Å². The van der Waals surface area contributed by atoms with Gasteiger partial charge in [0.05, 0.1) is 28.4 Å². The summed E-state index contributed by atoms with van der Waals surface area (Å²) in [5, 5.41) is 0. The van der Waals surface area contributed by atoms with E-state index in [4.69, 9.17) is 23.7 Å². The summed E-state index contributed by atoms with van der Waals surface area (Å²) in [7, 11) is 5.88. The van der Waals surface area contributed by atoms with Crippen molar-refractivity contribution in [3.8, 4) is 28.7 Å². The van der Waals surface area contributed by atoms with Crippen LogP contribution in [-0.2, 0) is 4.79 Å². The minimum absolute atomic E-state index is 0.226. The van der Waals surface area contributed by atoms with Gasteiger partial charge in [-0.1, -0.05) is 6.92 Å². The molecule has 106 valence electrons. The minimum Gasteiger partial charge on any atom is -0.493 e. The molecule has 0 amide bonds. The molecule has 1 aromatic carbocycles. The molecule has 0 saturated heterocycles. The summed E-state index contributed by atoms with van der Waals surface area (Å²) >= 11 is 0. The predicted molar refractivity (Wildman–Crippen MR) is 68.6 cm³/mol. The largest absolute Gasteiger partial charge is 0.493 e. The second kappa shape index (κ2) is 6.72. The molecular formula is C13H18O6. The zero-order valence-corrected chi connectivity index (χ0v) is 11.7. The standard InChI is InChI=1S/C13H18O6/c1-6-10(14)19-9-7-8(15-2)11(16-3)13(18-5)12(9)17-4/h7H,6H2,1-5H3. The molecule has 0 radical (unpaired) electrons. The molecule has 0 saturated carbocycles. The van der Waals surface area contributed by atoms with Crippen molar-refractivity contribution in [3.05, 3.63) is 6.07 Å². The van der Waals surface area contributed by atoms with Gasteiger partial charge in [0, 0.05) is 12.5 Å². The van der Waals surface area contributed by atoms with E-state index in [-0.39, 0.29) is 23.9 Å². The van der Waals surface area contributed by atoms with Crippen LogP contribution in [-0.4, -0.2) is 34.4 Å². The van der Waals surface area contributed by atoms with Crippen molar-refractivity contribution in [1.29, 1.82) is 0 Å². The number of hydrogen-bond acceptors (Lipinski definition) is 6. The first kappa shape index (κ1) is 14.9. The number of hydrogen-bond donors (Lipinski definition) is 0. The summed E-state index contributed by atoms with van der Waals surface area (Å²) in [5.41, 5.74) is 0. The van der Waals surface area contributed by atoms with Gasteiger partial charge >= 0.3 is 5.97 Å². The van der Waals surface area contributed by atoms with Crippen molar-refractivity contribution in [3.63, 3.8) is 0 Å². The van der Waals surface area contributed by atoms with Gasteiger partial charge in [-0.3, -0.25) is 4.79 Å². The Bertz CT molecular complexity index is 455. The van der Waals surface area contributed by atoms with Crippen LogP contribution in [0.1, 0.15) is 13.3 Å². The summed E-state index contributed by atoms with van der Waals surface area (Å²) in [6, 6.07) is 1.52. The highest BCUT2D eigenvalue weighted by Gasteiger charge is 2.23. The molecule has 0 fully saturated rings. The average Bonchev–Trinajstić information content (AvgIpc) is 2.45. The van der Waals surface area contributed by atoms with Gasteiger partial charge in [0.2, 0.25) is 17.2 Å². The van der Waals surface area contributed by atoms with Crippen LogP contribution in [0.3, 0.4) is 0 Å². The Morgan fingerprint density at radius 3 is 1.84 bits per heavy atom. The molecule has 19 heavy (non-hydrogen) atoms. The van der Waals surface area contributed by atoms with E-state index in [9.17, 15) is 4.79 Å². The molecule has 0 aliphatic carbocycles. The molecule has 1 rings (SSSR count). The van der Waals surface area contributed by atoms with Gasteiger partial charge in [-0.2, -0.15) is 0 Å². The SMILES string of the molecule is CCC(=O)Oc1cc(OC)c(OC)c(OC)c1OC. The number of benzene rings is 1. The third-order valence-electron chi connectivity index (χ3n) is 2.47. The third kappa shape index (κ3) is 3.01. The van der Waals surface area contributed by atoms with Gasteiger partial charge < -0.3 is 23.7 Å². The average molecular weight is 270 g/mol. The Morgan fingerprint density at radius 2 is 1.42 bits per heavy atom. The Morgan fingerprint density at radius 1 is 0.895 bits per heavy atom. The monoisotopic (exact) mass is 270 g/mol. The highest BCUT2D eigenvalue weighted by atomic mass is 16.6. The Labute approximate surface area is 112 Å². The minimum atomic E-state index is -0.382. The van der Waals surface area contributed by atoms with Crippen molar-refractivity contribution in [2.45, 2.75) is 13.3 Å². The Hall–Kier alpha value is -2.11. The first-order valence-corrected chi connectivity index (χ1v) is 5.70. The molecule has 0 N–H and O–H groups in total. The maximum Gasteiger partial charge on any atom is 0.311 e. The predicted octanol–water partition coefficient (Wildman–Crippen LogP) is 2.04. The van der Waals surface area contributed by atoms with Crippen molar-refractivity contribution in [1.82, 2.24) is 0 Å². The van der Waals surface area contributed by atoms with Crippen LogP contribution in [0.4, 0.5) is 0 Å². The Kier molecular flexibility index (Phi) is 5.29. The highest BCUT2D eigenvalue weighted by molar-refractivity contribution is 5.75. The lowest BCUT2D eigenvalue weighted by molar-refractivity contribution is -0.134. The number of ether oxygens (including phenoxy) is 5. The fraction of sp³-hybridized carbons (Fsp3) is 0.462. The molecule has 0 aliphatic heterocycles. The number of carbonyl (C=O) groups excluding carboxylic acids is 1. The van der Waals surface area contributed by atoms with Crippen molar-refractivity contribution in [2.75, 3.05) is 28.4 Å². The van der Waals surface area contributed by atoms with E-state index < -0.39 is 0 Å². The van der Waals surface area contributed by atoms with Crippen LogP contribution >= 0.6 is 0 Å². The van der Waals surface area contributed by atoms with Gasteiger partial charge in [-0.25, -0.2) is 0 Å². The van der Waals surface area contributed by atoms with Gasteiger partial charge in [-0.15, -0.1) is 0 Å². The molecule has 1 aromatic rings. The maximum atomic E-state index is 11.4. The van der Waals surface area contributed by atoms with Crippen molar-refractivity contribution in [2.24, 2.45) is 0 Å². The van der Waals surface area contributed by atoms with Crippen LogP contribution < -0.4 is 23.7 Å². The first-order chi connectivity index (χ1) is 9.12. The fourth-order valence-electron chi connectivity index (χ4n) is 1.57. The summed E-state index contributed by atoms with van der Waals surface area (Å²) < 4.78 is 26.0. The molecule has 0 heterocycles. The first-order valence-electron chi connectivity index (χ1n) is 5.70. The molecular weight excluding hydrogens is 252 g/mol. The van der Waals surface area contributed by atoms with Crippen LogP contribution in [0.15, 0.2) is 6.07 Å². The lowest BCUT2D eigenvalue weighted by Crippen LogP contribution is -2.08. The van der Waals surface area contributed by atoms with Gasteiger partial charge in [0.15, 0.2) is 11.5 Å². The van der Waals surface area contributed by atoms with Crippen molar-refractivity contribution < 1.29 is 28.5 Å². The van der Waals surface area contributed by atoms with E-state index in [0.29, 0.717) is 17.2 Å². The molecule has 0 bridgehead atoms. The number of carbonyl (C=O) groups is 1. The van der Waals surface area contributed by atoms with E-state index in [1.165, 1.54) is 34.5 Å². The van der Waals surface area contributed by atoms with Gasteiger partial charge in [-0.05, 0) is 0 Å². The molecule has 0 spiro atoms. The van der Waals surface area contributed by atoms with E-state index in [2.05, 4.69) is 0 Å². The highest BCUT2D eigenvalue weighted by Crippen LogP contribution is 2.50. The van der Waals surface area contributed by atoms with Crippen LogP contribution in [0.2, 0.25) is 0 Å². The topological polar surface area (TPSA) is 63.2 Å². The van der Waals surface area contributed by atoms with Gasteiger partial charge in [0.25, 0.3) is 0 Å². The molecule has 0 unspecified atom stereocenters. The van der Waals surface area contributed by atoms with Crippen LogP contribution in [0, 0.1) is 0 Å². The summed E-state index contributed by atoms with van der Waals surface area (Å²) in [5.74, 6) is 1.19. The van der Waals surface area contributed by atoms with E-state index in [1.807, 2.05) is 0 Å². The summed E-state index contributed by atoms with van der Waals surface area (Å²) in [6.07, 6.45) is 0.250. The number of methoxy groups -OCH3 is 4. The van der Waals surface area contributed by atoms with Gasteiger partial charge in [0.1, 0.15) is 0 Å². The summed E-state index contributed by atoms with van der Waals surface area (Å²) in [6.45, 7) is 1.70. The zero-order valence-electron chi connectivity index (χ0n) is 11.7. The second-order valence-electron chi connectivity index (χ2n) is 3.50. The smallest absolute Gasteiger partial charge is 0.311 e. The quantitative estimate of drug-likeness (QED) is 0.582. The van der Waals surface area contributed by atoms with Crippen LogP contribution in [0.5, 0.6) is 28.7 Å². The second-order valence-corrected chi connectivity index (χ2v) is 3.50. The molecule has 6 nitrogen and oxygen atoms in total. The molecule has 0 atom stereocenters. The lowest BCUT2D eigenvalue weighted by atomic mass is 10.2.